The molecule has 102 valence electrons. The van der Waals surface area contributed by atoms with Crippen molar-refractivity contribution in [1.82, 2.24) is 14.9 Å². The Hall–Kier alpha value is -0.170. The Morgan fingerprint density at radius 1 is 1.35 bits per heavy atom. The van der Waals surface area contributed by atoms with E-state index in [0.717, 1.165) is 13.0 Å². The molecule has 0 aromatic rings. The highest BCUT2D eigenvalue weighted by molar-refractivity contribution is 7.89. The van der Waals surface area contributed by atoms with Crippen LogP contribution in [0.4, 0.5) is 0 Å². The van der Waals surface area contributed by atoms with Gasteiger partial charge in [0.2, 0.25) is 10.0 Å². The second-order valence-electron chi connectivity index (χ2n) is 5.16. The third-order valence-corrected chi connectivity index (χ3v) is 4.27. The molecule has 1 atom stereocenters. The van der Waals surface area contributed by atoms with Gasteiger partial charge in [0, 0.05) is 18.6 Å². The van der Waals surface area contributed by atoms with Crippen LogP contribution in [-0.2, 0) is 10.0 Å². The highest BCUT2D eigenvalue weighted by Gasteiger charge is 2.21. The van der Waals surface area contributed by atoms with Crippen molar-refractivity contribution in [2.45, 2.75) is 38.3 Å². The molecule has 1 unspecified atom stereocenters. The standard InChI is InChI=1S/C11H25N3O2S/c1-10(6-8-14(2)3)13-17(15,16)9-7-12-11-4-5-11/h10-13H,4-9H2,1-3H3. The zero-order valence-corrected chi connectivity index (χ0v) is 11.9. The Balaban J connectivity index is 2.16. The minimum atomic E-state index is -3.13. The molecule has 17 heavy (non-hydrogen) atoms. The molecule has 0 radical (unpaired) electrons. The molecule has 1 aliphatic rings. The van der Waals surface area contributed by atoms with E-state index in [4.69, 9.17) is 0 Å². The van der Waals surface area contributed by atoms with Crippen LogP contribution in [0.15, 0.2) is 0 Å². The van der Waals surface area contributed by atoms with E-state index in [1.165, 1.54) is 12.8 Å². The maximum atomic E-state index is 11.7. The zero-order chi connectivity index (χ0) is 12.9. The number of rotatable bonds is 9. The van der Waals surface area contributed by atoms with Gasteiger partial charge in [0.1, 0.15) is 0 Å². The molecule has 2 N–H and O–H groups in total. The summed E-state index contributed by atoms with van der Waals surface area (Å²) in [5.41, 5.74) is 0. The molecule has 0 heterocycles. The molecular formula is C11H25N3O2S. The van der Waals surface area contributed by atoms with Crippen LogP contribution < -0.4 is 10.0 Å². The predicted molar refractivity (Wildman–Crippen MR) is 70.6 cm³/mol. The molecule has 1 saturated carbocycles. The maximum Gasteiger partial charge on any atom is 0.213 e. The van der Waals surface area contributed by atoms with Crippen LogP contribution in [0.3, 0.4) is 0 Å². The van der Waals surface area contributed by atoms with E-state index < -0.39 is 10.0 Å². The fourth-order valence-corrected chi connectivity index (χ4v) is 2.80. The van der Waals surface area contributed by atoms with E-state index in [0.29, 0.717) is 12.6 Å². The molecule has 1 fully saturated rings. The average molecular weight is 263 g/mol. The van der Waals surface area contributed by atoms with E-state index in [2.05, 4.69) is 14.9 Å². The van der Waals surface area contributed by atoms with Crippen molar-refractivity contribution < 1.29 is 8.42 Å². The SMILES string of the molecule is CC(CCN(C)C)NS(=O)(=O)CCNC1CC1. The Kier molecular flexibility index (Phi) is 5.85. The topological polar surface area (TPSA) is 61.4 Å². The summed E-state index contributed by atoms with van der Waals surface area (Å²) in [6, 6.07) is 0.569. The van der Waals surface area contributed by atoms with Gasteiger partial charge in [-0.2, -0.15) is 0 Å². The molecule has 1 aliphatic carbocycles. The zero-order valence-electron chi connectivity index (χ0n) is 11.1. The summed E-state index contributed by atoms with van der Waals surface area (Å²) in [6.07, 6.45) is 3.21. The third-order valence-electron chi connectivity index (χ3n) is 2.77. The van der Waals surface area contributed by atoms with Crippen LogP contribution in [0.25, 0.3) is 0 Å². The van der Waals surface area contributed by atoms with Gasteiger partial charge in [-0.1, -0.05) is 0 Å². The summed E-state index contributed by atoms with van der Waals surface area (Å²) in [5.74, 6) is 0.176. The van der Waals surface area contributed by atoms with Crippen molar-refractivity contribution in [2.24, 2.45) is 0 Å². The molecule has 0 aliphatic heterocycles. The Bertz CT molecular complexity index is 313. The summed E-state index contributed by atoms with van der Waals surface area (Å²) >= 11 is 0. The largest absolute Gasteiger partial charge is 0.313 e. The van der Waals surface area contributed by atoms with Crippen molar-refractivity contribution >= 4 is 10.0 Å². The number of hydrogen-bond donors (Lipinski definition) is 2. The number of nitrogens with one attached hydrogen (secondary N) is 2. The van der Waals surface area contributed by atoms with Gasteiger partial charge >= 0.3 is 0 Å². The molecular weight excluding hydrogens is 238 g/mol. The summed E-state index contributed by atoms with van der Waals surface area (Å²) in [4.78, 5) is 2.06. The summed E-state index contributed by atoms with van der Waals surface area (Å²) < 4.78 is 26.2. The van der Waals surface area contributed by atoms with Crippen LogP contribution in [0.5, 0.6) is 0 Å². The van der Waals surface area contributed by atoms with Crippen molar-refractivity contribution in [2.75, 3.05) is 32.9 Å². The molecule has 0 aromatic heterocycles. The molecule has 0 saturated heterocycles. The maximum absolute atomic E-state index is 11.7. The highest BCUT2D eigenvalue weighted by atomic mass is 32.2. The second-order valence-corrected chi connectivity index (χ2v) is 7.03. The lowest BCUT2D eigenvalue weighted by molar-refractivity contribution is 0.379. The lowest BCUT2D eigenvalue weighted by Gasteiger charge is -2.16. The predicted octanol–water partition coefficient (Wildman–Crippen LogP) is -0.00200. The smallest absolute Gasteiger partial charge is 0.213 e. The van der Waals surface area contributed by atoms with Gasteiger partial charge in [-0.05, 0) is 46.8 Å². The van der Waals surface area contributed by atoms with Crippen molar-refractivity contribution in [3.63, 3.8) is 0 Å². The monoisotopic (exact) mass is 263 g/mol. The van der Waals surface area contributed by atoms with Gasteiger partial charge in [0.05, 0.1) is 5.75 Å². The van der Waals surface area contributed by atoms with Crippen molar-refractivity contribution in [3.05, 3.63) is 0 Å². The molecule has 5 nitrogen and oxygen atoms in total. The van der Waals surface area contributed by atoms with E-state index in [9.17, 15) is 8.42 Å². The first-order valence-electron chi connectivity index (χ1n) is 6.27. The van der Waals surface area contributed by atoms with Crippen LogP contribution >= 0.6 is 0 Å². The van der Waals surface area contributed by atoms with Crippen molar-refractivity contribution in [1.29, 1.82) is 0 Å². The number of hydrogen-bond acceptors (Lipinski definition) is 4. The van der Waals surface area contributed by atoms with Gasteiger partial charge in [0.25, 0.3) is 0 Å². The quantitative estimate of drug-likeness (QED) is 0.615. The first-order chi connectivity index (χ1) is 7.89. The van der Waals surface area contributed by atoms with Crippen LogP contribution in [0.1, 0.15) is 26.2 Å². The molecule has 0 bridgehead atoms. The first-order valence-corrected chi connectivity index (χ1v) is 7.92. The summed E-state index contributed by atoms with van der Waals surface area (Å²) in [7, 11) is 0.846. The van der Waals surface area contributed by atoms with Gasteiger partial charge in [-0.3, -0.25) is 0 Å². The van der Waals surface area contributed by atoms with Crippen LogP contribution in [0.2, 0.25) is 0 Å². The fourth-order valence-electron chi connectivity index (χ4n) is 1.56. The van der Waals surface area contributed by atoms with E-state index in [1.54, 1.807) is 0 Å². The molecule has 0 aromatic carbocycles. The molecule has 6 heteroatoms. The molecule has 0 amide bonds. The van der Waals surface area contributed by atoms with Crippen LogP contribution in [0, 0.1) is 0 Å². The normalized spacial score (nSPS) is 18.6. The Labute approximate surface area is 105 Å². The Morgan fingerprint density at radius 2 is 2.00 bits per heavy atom. The first kappa shape index (κ1) is 14.9. The van der Waals surface area contributed by atoms with Crippen molar-refractivity contribution in [3.8, 4) is 0 Å². The summed E-state index contributed by atoms with van der Waals surface area (Å²) in [5, 5.41) is 3.21. The average Bonchev–Trinajstić information content (AvgIpc) is 2.97. The second kappa shape index (κ2) is 6.68. The summed E-state index contributed by atoms with van der Waals surface area (Å²) in [6.45, 7) is 3.36. The highest BCUT2D eigenvalue weighted by Crippen LogP contribution is 2.17. The number of nitrogens with zero attached hydrogens (tertiary/aromatic N) is 1. The van der Waals surface area contributed by atoms with E-state index in [-0.39, 0.29) is 11.8 Å². The minimum Gasteiger partial charge on any atom is -0.313 e. The fraction of sp³-hybridized carbons (Fsp3) is 1.00. The van der Waals surface area contributed by atoms with Gasteiger partial charge < -0.3 is 10.2 Å². The van der Waals surface area contributed by atoms with Gasteiger partial charge in [-0.25, -0.2) is 13.1 Å². The van der Waals surface area contributed by atoms with Gasteiger partial charge in [-0.15, -0.1) is 0 Å². The lowest BCUT2D eigenvalue weighted by Crippen LogP contribution is -2.38. The third kappa shape index (κ3) is 7.70. The molecule has 1 rings (SSSR count). The number of sulfonamides is 1. The lowest BCUT2D eigenvalue weighted by atomic mass is 10.2. The minimum absolute atomic E-state index is 0.00308. The van der Waals surface area contributed by atoms with E-state index in [1.807, 2.05) is 21.0 Å². The van der Waals surface area contributed by atoms with Gasteiger partial charge in [0.15, 0.2) is 0 Å². The Morgan fingerprint density at radius 3 is 2.53 bits per heavy atom. The molecule has 0 spiro atoms. The van der Waals surface area contributed by atoms with Crippen LogP contribution in [-0.4, -0.2) is 58.3 Å². The van der Waals surface area contributed by atoms with E-state index >= 15 is 0 Å².